The summed E-state index contributed by atoms with van der Waals surface area (Å²) in [5.41, 5.74) is 0.712. The van der Waals surface area contributed by atoms with Crippen molar-refractivity contribution >= 4 is 21.1 Å². The van der Waals surface area contributed by atoms with E-state index in [1.165, 1.54) is 12.1 Å². The minimum Gasteiger partial charge on any atom is -0.306 e. The molecule has 1 aromatic heterocycles. The number of aromatic nitrogens is 2. The minimum atomic E-state index is -3.54. The van der Waals surface area contributed by atoms with Crippen LogP contribution in [-0.4, -0.2) is 24.4 Å². The van der Waals surface area contributed by atoms with Gasteiger partial charge in [-0.15, -0.1) is 0 Å². The molecule has 0 spiro atoms. The van der Waals surface area contributed by atoms with E-state index in [1.54, 1.807) is 13.0 Å². The quantitative estimate of drug-likeness (QED) is 0.770. The number of hydrogen-bond donors (Lipinski definition) is 3. The molecule has 0 aliphatic rings. The minimum absolute atomic E-state index is 0.129. The summed E-state index contributed by atoms with van der Waals surface area (Å²) in [5, 5.41) is 0. The highest BCUT2D eigenvalue weighted by Gasteiger charge is 2.17. The topological polar surface area (TPSA) is 94.8 Å². The summed E-state index contributed by atoms with van der Waals surface area (Å²) in [6.45, 7) is 3.70. The van der Waals surface area contributed by atoms with Gasteiger partial charge in [-0.25, -0.2) is 17.9 Å². The summed E-state index contributed by atoms with van der Waals surface area (Å²) in [6, 6.07) is 4.35. The number of fused-ring (bicyclic) bond motifs is 1. The average molecular weight is 269 g/mol. The van der Waals surface area contributed by atoms with E-state index in [4.69, 9.17) is 0 Å². The Labute approximate surface area is 104 Å². The first kappa shape index (κ1) is 12.8. The second-order valence-electron chi connectivity index (χ2n) is 4.22. The zero-order valence-corrected chi connectivity index (χ0v) is 11.0. The molecule has 2 rings (SSSR count). The molecule has 3 N–H and O–H groups in total. The van der Waals surface area contributed by atoms with Gasteiger partial charge >= 0.3 is 5.69 Å². The van der Waals surface area contributed by atoms with Crippen LogP contribution in [0.1, 0.15) is 20.3 Å². The molecular weight excluding hydrogens is 254 g/mol. The van der Waals surface area contributed by atoms with Crippen molar-refractivity contribution in [3.05, 3.63) is 28.7 Å². The molecule has 2 aromatic rings. The third-order valence-electron chi connectivity index (χ3n) is 2.77. The van der Waals surface area contributed by atoms with E-state index in [1.807, 2.05) is 6.92 Å². The van der Waals surface area contributed by atoms with Gasteiger partial charge in [0.15, 0.2) is 0 Å². The van der Waals surface area contributed by atoms with Crippen LogP contribution in [-0.2, 0) is 10.0 Å². The van der Waals surface area contributed by atoms with Gasteiger partial charge in [0.2, 0.25) is 10.0 Å². The number of H-pyrrole nitrogens is 2. The van der Waals surface area contributed by atoms with Crippen molar-refractivity contribution in [1.29, 1.82) is 0 Å². The zero-order valence-electron chi connectivity index (χ0n) is 10.1. The van der Waals surface area contributed by atoms with Gasteiger partial charge in [0.1, 0.15) is 0 Å². The second-order valence-corrected chi connectivity index (χ2v) is 5.93. The van der Waals surface area contributed by atoms with Crippen molar-refractivity contribution < 1.29 is 8.42 Å². The number of benzene rings is 1. The van der Waals surface area contributed by atoms with Crippen LogP contribution in [0.4, 0.5) is 0 Å². The summed E-state index contributed by atoms with van der Waals surface area (Å²) in [5.74, 6) is 0. The van der Waals surface area contributed by atoms with Crippen molar-refractivity contribution in [3.63, 3.8) is 0 Å². The van der Waals surface area contributed by atoms with Gasteiger partial charge in [-0.1, -0.05) is 6.92 Å². The fraction of sp³-hybridized carbons (Fsp3) is 0.364. The Balaban J connectivity index is 2.44. The molecule has 0 saturated carbocycles. The normalized spacial score (nSPS) is 13.9. The van der Waals surface area contributed by atoms with Crippen molar-refractivity contribution in [2.45, 2.75) is 31.2 Å². The van der Waals surface area contributed by atoms with E-state index < -0.39 is 10.0 Å². The first-order valence-electron chi connectivity index (χ1n) is 5.67. The lowest BCUT2D eigenvalue weighted by molar-refractivity contribution is 0.556. The zero-order chi connectivity index (χ0) is 13.3. The van der Waals surface area contributed by atoms with E-state index in [0.717, 1.165) is 0 Å². The Hall–Kier alpha value is -1.60. The smallest absolute Gasteiger partial charge is 0.306 e. The fourth-order valence-electron chi connectivity index (χ4n) is 1.60. The average Bonchev–Trinajstić information content (AvgIpc) is 2.67. The Kier molecular flexibility index (Phi) is 3.27. The van der Waals surface area contributed by atoms with Crippen LogP contribution in [0.25, 0.3) is 11.0 Å². The molecule has 6 nitrogen and oxygen atoms in total. The SMILES string of the molecule is CC[C@@H](C)NS(=O)(=O)c1ccc2[nH]c(=O)[nH]c2c1. The number of imidazole rings is 1. The third-order valence-corrected chi connectivity index (χ3v) is 4.35. The van der Waals surface area contributed by atoms with Gasteiger partial charge in [0.05, 0.1) is 15.9 Å². The van der Waals surface area contributed by atoms with Crippen LogP contribution in [0.15, 0.2) is 27.9 Å². The Morgan fingerprint density at radius 1 is 1.28 bits per heavy atom. The monoisotopic (exact) mass is 269 g/mol. The summed E-state index contributed by atoms with van der Waals surface area (Å²) in [7, 11) is -3.54. The van der Waals surface area contributed by atoms with Crippen molar-refractivity contribution in [2.24, 2.45) is 0 Å². The van der Waals surface area contributed by atoms with Gasteiger partial charge in [-0.05, 0) is 31.5 Å². The van der Waals surface area contributed by atoms with Crippen LogP contribution in [0.3, 0.4) is 0 Å². The molecule has 0 unspecified atom stereocenters. The molecule has 0 aliphatic carbocycles. The number of aromatic amines is 2. The Bertz CT molecular complexity index is 714. The van der Waals surface area contributed by atoms with E-state index in [9.17, 15) is 13.2 Å². The van der Waals surface area contributed by atoms with Gasteiger partial charge < -0.3 is 9.97 Å². The first-order chi connectivity index (χ1) is 8.42. The van der Waals surface area contributed by atoms with Gasteiger partial charge in [0, 0.05) is 6.04 Å². The second kappa shape index (κ2) is 4.58. The van der Waals surface area contributed by atoms with E-state index in [2.05, 4.69) is 14.7 Å². The van der Waals surface area contributed by atoms with Crippen LogP contribution in [0, 0.1) is 0 Å². The van der Waals surface area contributed by atoms with E-state index in [0.29, 0.717) is 17.5 Å². The summed E-state index contributed by atoms with van der Waals surface area (Å²) >= 11 is 0. The molecule has 18 heavy (non-hydrogen) atoms. The highest BCUT2D eigenvalue weighted by Crippen LogP contribution is 2.15. The van der Waals surface area contributed by atoms with Gasteiger partial charge in [-0.2, -0.15) is 0 Å². The first-order valence-corrected chi connectivity index (χ1v) is 7.15. The molecule has 1 atom stereocenters. The maximum atomic E-state index is 12.0. The van der Waals surface area contributed by atoms with Crippen molar-refractivity contribution in [1.82, 2.24) is 14.7 Å². The molecule has 0 aliphatic heterocycles. The maximum absolute atomic E-state index is 12.0. The van der Waals surface area contributed by atoms with Crippen LogP contribution in [0.2, 0.25) is 0 Å². The lowest BCUT2D eigenvalue weighted by atomic mass is 10.3. The predicted octanol–water partition coefficient (Wildman–Crippen LogP) is 0.933. The van der Waals surface area contributed by atoms with E-state index in [-0.39, 0.29) is 16.6 Å². The van der Waals surface area contributed by atoms with E-state index >= 15 is 0 Å². The van der Waals surface area contributed by atoms with Crippen molar-refractivity contribution in [3.8, 4) is 0 Å². The maximum Gasteiger partial charge on any atom is 0.323 e. The summed E-state index contributed by atoms with van der Waals surface area (Å²) < 4.78 is 26.6. The lowest BCUT2D eigenvalue weighted by Crippen LogP contribution is -2.31. The molecule has 0 amide bonds. The Morgan fingerprint density at radius 3 is 2.61 bits per heavy atom. The standard InChI is InChI=1S/C11H15N3O3S/c1-3-7(2)14-18(16,17)8-4-5-9-10(6-8)13-11(15)12-9/h4-7,14H,3H2,1-2H3,(H2,12,13,15)/t7-/m1/s1. The van der Waals surface area contributed by atoms with Gasteiger partial charge in [0.25, 0.3) is 0 Å². The molecule has 0 saturated heterocycles. The van der Waals surface area contributed by atoms with Gasteiger partial charge in [-0.3, -0.25) is 0 Å². The predicted molar refractivity (Wildman–Crippen MR) is 69.0 cm³/mol. The van der Waals surface area contributed by atoms with Crippen molar-refractivity contribution in [2.75, 3.05) is 0 Å². The number of nitrogens with one attached hydrogen (secondary N) is 3. The number of rotatable bonds is 4. The molecular formula is C11H15N3O3S. The molecule has 98 valence electrons. The molecule has 0 bridgehead atoms. The summed E-state index contributed by atoms with van der Waals surface area (Å²) in [4.78, 5) is 16.3. The molecule has 1 heterocycles. The highest BCUT2D eigenvalue weighted by atomic mass is 32.2. The fourth-order valence-corrected chi connectivity index (χ4v) is 2.95. The number of hydrogen-bond acceptors (Lipinski definition) is 3. The van der Waals surface area contributed by atoms with Crippen LogP contribution in [0.5, 0.6) is 0 Å². The third kappa shape index (κ3) is 2.46. The van der Waals surface area contributed by atoms with Crippen LogP contribution < -0.4 is 10.4 Å². The largest absolute Gasteiger partial charge is 0.323 e. The highest BCUT2D eigenvalue weighted by molar-refractivity contribution is 7.89. The van der Waals surface area contributed by atoms with Crippen LogP contribution >= 0.6 is 0 Å². The lowest BCUT2D eigenvalue weighted by Gasteiger charge is -2.11. The molecule has 1 aromatic carbocycles. The number of sulfonamides is 1. The molecule has 0 radical (unpaired) electrons. The Morgan fingerprint density at radius 2 is 1.94 bits per heavy atom. The summed E-state index contributed by atoms with van der Waals surface area (Å²) in [6.07, 6.45) is 0.711. The molecule has 0 fully saturated rings. The molecule has 7 heteroatoms.